The number of rotatable bonds is 3. The summed E-state index contributed by atoms with van der Waals surface area (Å²) >= 11 is 3.48. The number of hydrogen-bond donors (Lipinski definition) is 4. The Morgan fingerprint density at radius 1 is 1.17 bits per heavy atom. The van der Waals surface area contributed by atoms with Crippen LogP contribution in [-0.4, -0.2) is 9.97 Å². The molecule has 2 aromatic rings. The van der Waals surface area contributed by atoms with Crippen LogP contribution in [0.15, 0.2) is 28.7 Å². The zero-order chi connectivity index (χ0) is 13.1. The van der Waals surface area contributed by atoms with Gasteiger partial charge in [-0.3, -0.25) is 0 Å². The first-order chi connectivity index (χ1) is 8.58. The third kappa shape index (κ3) is 2.88. The van der Waals surface area contributed by atoms with Crippen LogP contribution >= 0.6 is 15.9 Å². The lowest BCUT2D eigenvalue weighted by atomic mass is 10.2. The number of hydrogen-bond acceptors (Lipinski definition) is 6. The van der Waals surface area contributed by atoms with Gasteiger partial charge in [0.1, 0.15) is 11.6 Å². The van der Waals surface area contributed by atoms with Crippen LogP contribution in [0.2, 0.25) is 0 Å². The molecule has 0 unspecified atom stereocenters. The van der Waals surface area contributed by atoms with Crippen LogP contribution in [0.25, 0.3) is 0 Å². The van der Waals surface area contributed by atoms with Crippen molar-refractivity contribution >= 4 is 39.2 Å². The standard InChI is InChI=1S/C11H13BrN6/c1-6-2-3-8(7(12)4-6)15-9-5-10(18-14)17-11(13)16-9/h2-5H,14H2,1H3,(H4,13,15,16,17,18). The minimum Gasteiger partial charge on any atom is -0.368 e. The number of anilines is 4. The Bertz CT molecular complexity index is 571. The van der Waals surface area contributed by atoms with Gasteiger partial charge in [-0.25, -0.2) is 5.84 Å². The number of nitrogens with zero attached hydrogens (tertiary/aromatic N) is 2. The van der Waals surface area contributed by atoms with E-state index in [4.69, 9.17) is 11.6 Å². The van der Waals surface area contributed by atoms with E-state index in [-0.39, 0.29) is 5.95 Å². The molecule has 1 aromatic heterocycles. The second-order valence-corrected chi connectivity index (χ2v) is 4.60. The molecule has 0 fully saturated rings. The van der Waals surface area contributed by atoms with Gasteiger partial charge in [-0.05, 0) is 40.5 Å². The molecular weight excluding hydrogens is 296 g/mol. The number of nitrogen functional groups attached to an aromatic ring is 2. The monoisotopic (exact) mass is 308 g/mol. The molecule has 94 valence electrons. The summed E-state index contributed by atoms with van der Waals surface area (Å²) in [7, 11) is 0. The van der Waals surface area contributed by atoms with E-state index >= 15 is 0 Å². The second kappa shape index (κ2) is 5.19. The molecule has 0 saturated heterocycles. The molecule has 0 aliphatic heterocycles. The fourth-order valence-corrected chi connectivity index (χ4v) is 2.06. The van der Waals surface area contributed by atoms with E-state index < -0.39 is 0 Å². The van der Waals surface area contributed by atoms with Crippen molar-refractivity contribution in [3.05, 3.63) is 34.3 Å². The molecule has 7 heteroatoms. The number of benzene rings is 1. The fourth-order valence-electron chi connectivity index (χ4n) is 1.46. The van der Waals surface area contributed by atoms with Gasteiger partial charge >= 0.3 is 0 Å². The topological polar surface area (TPSA) is 102 Å². The summed E-state index contributed by atoms with van der Waals surface area (Å²) in [5, 5.41) is 3.14. The molecule has 0 spiro atoms. The first-order valence-corrected chi connectivity index (χ1v) is 6.02. The van der Waals surface area contributed by atoms with Crippen LogP contribution in [0.5, 0.6) is 0 Å². The molecule has 6 N–H and O–H groups in total. The van der Waals surface area contributed by atoms with Crippen molar-refractivity contribution in [2.45, 2.75) is 6.92 Å². The normalized spacial score (nSPS) is 10.2. The molecule has 0 bridgehead atoms. The molecule has 2 rings (SSSR count). The predicted molar refractivity (Wildman–Crippen MR) is 76.4 cm³/mol. The van der Waals surface area contributed by atoms with Crippen molar-refractivity contribution in [1.82, 2.24) is 9.97 Å². The van der Waals surface area contributed by atoms with Crippen molar-refractivity contribution in [2.75, 3.05) is 16.5 Å². The van der Waals surface area contributed by atoms with Crippen molar-refractivity contribution in [2.24, 2.45) is 5.84 Å². The number of aryl methyl sites for hydroxylation is 1. The Balaban J connectivity index is 2.30. The highest BCUT2D eigenvalue weighted by molar-refractivity contribution is 9.10. The lowest BCUT2D eigenvalue weighted by Crippen LogP contribution is -2.11. The SMILES string of the molecule is Cc1ccc(Nc2cc(NN)nc(N)n2)c(Br)c1. The predicted octanol–water partition coefficient (Wildman–Crippen LogP) is 2.16. The molecule has 0 atom stereocenters. The Morgan fingerprint density at radius 2 is 1.89 bits per heavy atom. The number of hydrazine groups is 1. The maximum atomic E-state index is 5.58. The molecule has 1 heterocycles. The van der Waals surface area contributed by atoms with Crippen LogP contribution in [-0.2, 0) is 0 Å². The molecule has 18 heavy (non-hydrogen) atoms. The third-order valence-corrected chi connectivity index (χ3v) is 2.93. The molecule has 0 amide bonds. The van der Waals surface area contributed by atoms with Gasteiger partial charge in [0.15, 0.2) is 0 Å². The summed E-state index contributed by atoms with van der Waals surface area (Å²) in [6.45, 7) is 2.02. The Morgan fingerprint density at radius 3 is 2.56 bits per heavy atom. The van der Waals surface area contributed by atoms with E-state index in [0.717, 1.165) is 10.2 Å². The van der Waals surface area contributed by atoms with E-state index in [1.165, 1.54) is 5.56 Å². The number of nitrogens with one attached hydrogen (secondary N) is 2. The summed E-state index contributed by atoms with van der Waals surface area (Å²) in [5.41, 5.74) is 10.1. The first-order valence-electron chi connectivity index (χ1n) is 5.23. The van der Waals surface area contributed by atoms with Crippen LogP contribution in [0.1, 0.15) is 5.56 Å². The lowest BCUT2D eigenvalue weighted by molar-refractivity contribution is 1.15. The number of aromatic nitrogens is 2. The van der Waals surface area contributed by atoms with Crippen LogP contribution in [0.3, 0.4) is 0 Å². The van der Waals surface area contributed by atoms with Crippen molar-refractivity contribution in [3.63, 3.8) is 0 Å². The van der Waals surface area contributed by atoms with E-state index in [1.807, 2.05) is 25.1 Å². The molecule has 0 saturated carbocycles. The first kappa shape index (κ1) is 12.6. The summed E-state index contributed by atoms with van der Waals surface area (Å²) in [6, 6.07) is 7.63. The quantitative estimate of drug-likeness (QED) is 0.512. The van der Waals surface area contributed by atoms with Gasteiger partial charge in [-0.15, -0.1) is 0 Å². The van der Waals surface area contributed by atoms with Crippen LogP contribution < -0.4 is 22.3 Å². The number of nitrogens with two attached hydrogens (primary N) is 2. The van der Waals surface area contributed by atoms with Crippen molar-refractivity contribution < 1.29 is 0 Å². The van der Waals surface area contributed by atoms with E-state index in [1.54, 1.807) is 6.07 Å². The largest absolute Gasteiger partial charge is 0.368 e. The maximum Gasteiger partial charge on any atom is 0.223 e. The van der Waals surface area contributed by atoms with E-state index in [2.05, 4.69) is 36.6 Å². The van der Waals surface area contributed by atoms with Gasteiger partial charge in [-0.2, -0.15) is 9.97 Å². The highest BCUT2D eigenvalue weighted by atomic mass is 79.9. The highest BCUT2D eigenvalue weighted by Crippen LogP contribution is 2.26. The zero-order valence-electron chi connectivity index (χ0n) is 9.74. The average Bonchev–Trinajstić information content (AvgIpc) is 2.32. The molecule has 0 radical (unpaired) electrons. The minimum atomic E-state index is 0.149. The van der Waals surface area contributed by atoms with Crippen molar-refractivity contribution in [3.8, 4) is 0 Å². The Kier molecular flexibility index (Phi) is 3.63. The smallest absolute Gasteiger partial charge is 0.223 e. The Hall–Kier alpha value is -1.86. The van der Waals surface area contributed by atoms with Gasteiger partial charge in [0.2, 0.25) is 5.95 Å². The molecule has 0 aliphatic rings. The molecular formula is C11H13BrN6. The Labute approximate surface area is 113 Å². The summed E-state index contributed by atoms with van der Waals surface area (Å²) in [6.07, 6.45) is 0. The van der Waals surface area contributed by atoms with Gasteiger partial charge in [-0.1, -0.05) is 6.07 Å². The van der Waals surface area contributed by atoms with E-state index in [0.29, 0.717) is 11.6 Å². The molecule has 0 aliphatic carbocycles. The van der Waals surface area contributed by atoms with E-state index in [9.17, 15) is 0 Å². The van der Waals surface area contributed by atoms with Crippen LogP contribution in [0.4, 0.5) is 23.3 Å². The zero-order valence-corrected chi connectivity index (χ0v) is 11.3. The average molecular weight is 309 g/mol. The fraction of sp³-hybridized carbons (Fsp3) is 0.0909. The third-order valence-electron chi connectivity index (χ3n) is 2.28. The molecule has 6 nitrogen and oxygen atoms in total. The molecule has 1 aromatic carbocycles. The number of halogens is 1. The maximum absolute atomic E-state index is 5.58. The van der Waals surface area contributed by atoms with Gasteiger partial charge in [0, 0.05) is 10.5 Å². The highest BCUT2D eigenvalue weighted by Gasteiger charge is 2.04. The summed E-state index contributed by atoms with van der Waals surface area (Å²) < 4.78 is 0.946. The van der Waals surface area contributed by atoms with Gasteiger partial charge < -0.3 is 16.5 Å². The van der Waals surface area contributed by atoms with Crippen molar-refractivity contribution in [1.29, 1.82) is 0 Å². The minimum absolute atomic E-state index is 0.149. The summed E-state index contributed by atoms with van der Waals surface area (Å²) in [4.78, 5) is 7.99. The van der Waals surface area contributed by atoms with Gasteiger partial charge in [0.05, 0.1) is 5.69 Å². The summed E-state index contributed by atoms with van der Waals surface area (Å²) in [5.74, 6) is 6.47. The van der Waals surface area contributed by atoms with Gasteiger partial charge in [0.25, 0.3) is 0 Å². The lowest BCUT2D eigenvalue weighted by Gasteiger charge is -2.10. The van der Waals surface area contributed by atoms with Crippen LogP contribution in [0, 0.1) is 6.92 Å². The second-order valence-electron chi connectivity index (χ2n) is 3.75.